The summed E-state index contributed by atoms with van der Waals surface area (Å²) in [5, 5.41) is 0. The van der Waals surface area contributed by atoms with Gasteiger partial charge in [0.15, 0.2) is 0 Å². The number of nitrogen functional groups attached to an aromatic ring is 3. The molecule has 0 radical (unpaired) electrons. The molecule has 0 amide bonds. The van der Waals surface area contributed by atoms with Gasteiger partial charge in [0.1, 0.15) is 0 Å². The number of hydrogen-bond acceptors (Lipinski definition) is 8. The van der Waals surface area contributed by atoms with E-state index in [9.17, 15) is 8.42 Å². The fraction of sp³-hybridized carbons (Fsp3) is 0.250. The second kappa shape index (κ2) is 4.53. The third-order valence-electron chi connectivity index (χ3n) is 0.687. The summed E-state index contributed by atoms with van der Waals surface area (Å²) in [5.74, 6) is 0.125. The minimum Gasteiger partial charge on any atom is -0.368 e. The molecule has 0 aliphatic heterocycles. The van der Waals surface area contributed by atoms with Gasteiger partial charge in [-0.15, -0.1) is 0 Å². The molecule has 7 N–H and O–H groups in total. The van der Waals surface area contributed by atoms with Gasteiger partial charge in [-0.25, -0.2) is 0 Å². The molecule has 0 fully saturated rings. The molecule has 0 aromatic carbocycles. The van der Waals surface area contributed by atoms with E-state index >= 15 is 0 Å². The van der Waals surface area contributed by atoms with Gasteiger partial charge >= 0.3 is 0 Å². The van der Waals surface area contributed by atoms with Crippen molar-refractivity contribution >= 4 is 28.0 Å². The predicted molar refractivity (Wildman–Crippen MR) is 50.5 cm³/mol. The van der Waals surface area contributed by atoms with Crippen molar-refractivity contribution in [2.75, 3.05) is 23.5 Å². The zero-order chi connectivity index (χ0) is 11.4. The van der Waals surface area contributed by atoms with Crippen molar-refractivity contribution in [2.45, 2.75) is 0 Å². The third-order valence-corrected chi connectivity index (χ3v) is 0.687. The van der Waals surface area contributed by atoms with E-state index in [1.54, 1.807) is 0 Å². The van der Waals surface area contributed by atoms with Crippen molar-refractivity contribution in [2.24, 2.45) is 0 Å². The minimum absolute atomic E-state index is 0.0417. The molecule has 1 heterocycles. The highest BCUT2D eigenvalue weighted by molar-refractivity contribution is 7.85. The van der Waals surface area contributed by atoms with Crippen LogP contribution in [0.25, 0.3) is 0 Å². The van der Waals surface area contributed by atoms with E-state index in [2.05, 4.69) is 15.0 Å². The SMILES string of the molecule is CS(=O)(=O)O.Nc1nc(N)nc(N)n1. The third kappa shape index (κ3) is 8.42. The van der Waals surface area contributed by atoms with E-state index in [1.165, 1.54) is 0 Å². The molecule has 0 unspecified atom stereocenters. The van der Waals surface area contributed by atoms with Crippen LogP contribution in [0.2, 0.25) is 0 Å². The Hall–Kier alpha value is -1.68. The highest BCUT2D eigenvalue weighted by Gasteiger charge is 1.93. The summed E-state index contributed by atoms with van der Waals surface area (Å²) >= 11 is 0. The zero-order valence-corrected chi connectivity index (χ0v) is 8.06. The van der Waals surface area contributed by atoms with Crippen LogP contribution in [-0.4, -0.2) is 34.2 Å². The summed E-state index contributed by atoms with van der Waals surface area (Å²) in [6, 6.07) is 0. The molecule has 0 aliphatic rings. The molecule has 0 atom stereocenters. The first-order valence-corrected chi connectivity index (χ1v) is 4.98. The lowest BCUT2D eigenvalue weighted by molar-refractivity contribution is 0.490. The summed E-state index contributed by atoms with van der Waals surface area (Å²) in [5.41, 5.74) is 15.4. The second-order valence-corrected chi connectivity index (χ2v) is 3.61. The molecule has 1 aromatic rings. The fourth-order valence-electron chi connectivity index (χ4n) is 0.427. The largest absolute Gasteiger partial charge is 0.368 e. The van der Waals surface area contributed by atoms with Gasteiger partial charge in [-0.2, -0.15) is 23.4 Å². The summed E-state index contributed by atoms with van der Waals surface area (Å²) in [7, 11) is -3.67. The summed E-state index contributed by atoms with van der Waals surface area (Å²) < 4.78 is 25.9. The maximum absolute atomic E-state index is 9.19. The van der Waals surface area contributed by atoms with Gasteiger partial charge in [0.25, 0.3) is 10.1 Å². The van der Waals surface area contributed by atoms with E-state index in [0.717, 1.165) is 0 Å². The minimum atomic E-state index is -3.67. The van der Waals surface area contributed by atoms with Gasteiger partial charge in [-0.3, -0.25) is 4.55 Å². The van der Waals surface area contributed by atoms with Gasteiger partial charge in [0.05, 0.1) is 6.26 Å². The molecule has 0 saturated carbocycles. The molecule has 1 aromatic heterocycles. The molecule has 9 nitrogen and oxygen atoms in total. The van der Waals surface area contributed by atoms with Crippen LogP contribution < -0.4 is 17.2 Å². The van der Waals surface area contributed by atoms with Crippen LogP contribution in [0.5, 0.6) is 0 Å². The summed E-state index contributed by atoms with van der Waals surface area (Å²) in [6.07, 6.45) is 0.715. The maximum atomic E-state index is 9.19. The van der Waals surface area contributed by atoms with E-state index < -0.39 is 10.1 Å². The summed E-state index contributed by atoms with van der Waals surface area (Å²) in [4.78, 5) is 10.5. The maximum Gasteiger partial charge on any atom is 0.261 e. The Balaban J connectivity index is 0.000000292. The van der Waals surface area contributed by atoms with Crippen LogP contribution in [0.3, 0.4) is 0 Å². The first-order chi connectivity index (χ1) is 6.18. The van der Waals surface area contributed by atoms with Gasteiger partial charge in [0.2, 0.25) is 17.8 Å². The molecule has 0 spiro atoms. The van der Waals surface area contributed by atoms with E-state index in [-0.39, 0.29) is 17.8 Å². The Kier molecular flexibility index (Phi) is 3.98. The van der Waals surface area contributed by atoms with Gasteiger partial charge < -0.3 is 17.2 Å². The van der Waals surface area contributed by atoms with Crippen molar-refractivity contribution < 1.29 is 13.0 Å². The number of anilines is 3. The van der Waals surface area contributed by atoms with Crippen molar-refractivity contribution in [1.29, 1.82) is 0 Å². The van der Waals surface area contributed by atoms with E-state index in [0.29, 0.717) is 6.26 Å². The monoisotopic (exact) mass is 222 g/mol. The Morgan fingerprint density at radius 2 is 1.14 bits per heavy atom. The Labute approximate surface area is 80.1 Å². The normalized spacial score (nSPS) is 10.1. The average molecular weight is 222 g/mol. The Bertz CT molecular complexity index is 345. The average Bonchev–Trinajstić information content (AvgIpc) is 1.77. The van der Waals surface area contributed by atoms with Gasteiger partial charge in [0, 0.05) is 0 Å². The van der Waals surface area contributed by atoms with Crippen LogP contribution in [0.4, 0.5) is 17.8 Å². The molecule has 14 heavy (non-hydrogen) atoms. The molecule has 10 heteroatoms. The highest BCUT2D eigenvalue weighted by Crippen LogP contribution is 1.97. The first-order valence-electron chi connectivity index (χ1n) is 3.13. The Morgan fingerprint density at radius 3 is 1.29 bits per heavy atom. The van der Waals surface area contributed by atoms with Crippen molar-refractivity contribution in [1.82, 2.24) is 15.0 Å². The fourth-order valence-corrected chi connectivity index (χ4v) is 0.427. The topological polar surface area (TPSA) is 171 Å². The molecule has 0 aliphatic carbocycles. The van der Waals surface area contributed by atoms with E-state index in [4.69, 9.17) is 21.8 Å². The molecular weight excluding hydrogens is 212 g/mol. The smallest absolute Gasteiger partial charge is 0.261 e. The van der Waals surface area contributed by atoms with Crippen molar-refractivity contribution in [3.05, 3.63) is 0 Å². The first kappa shape index (κ1) is 12.3. The lowest BCUT2D eigenvalue weighted by atomic mass is 10.9. The molecule has 1 rings (SSSR count). The standard InChI is InChI=1S/C3H6N6.CH4O3S/c4-1-7-2(5)9-3(6)8-1;1-5(2,3)4/h(H6,4,5,6,7,8,9);1H3,(H,2,3,4). The van der Waals surface area contributed by atoms with Gasteiger partial charge in [-0.05, 0) is 0 Å². The van der Waals surface area contributed by atoms with Crippen molar-refractivity contribution in [3.8, 4) is 0 Å². The summed E-state index contributed by atoms with van der Waals surface area (Å²) in [6.45, 7) is 0. The second-order valence-electron chi connectivity index (χ2n) is 2.14. The number of nitrogens with two attached hydrogens (primary N) is 3. The number of aromatic nitrogens is 3. The van der Waals surface area contributed by atoms with Crippen molar-refractivity contribution in [3.63, 3.8) is 0 Å². The Morgan fingerprint density at radius 1 is 1.00 bits per heavy atom. The molecular formula is C4H10N6O3S. The molecule has 80 valence electrons. The van der Waals surface area contributed by atoms with Gasteiger partial charge in [-0.1, -0.05) is 0 Å². The predicted octanol–water partition coefficient (Wildman–Crippen LogP) is -1.88. The van der Waals surface area contributed by atoms with Crippen LogP contribution in [0, 0.1) is 0 Å². The number of rotatable bonds is 0. The molecule has 0 saturated heterocycles. The quantitative estimate of drug-likeness (QED) is 0.366. The highest BCUT2D eigenvalue weighted by atomic mass is 32.2. The number of nitrogens with zero attached hydrogens (tertiary/aromatic N) is 3. The van der Waals surface area contributed by atoms with Crippen LogP contribution in [-0.2, 0) is 10.1 Å². The van der Waals surface area contributed by atoms with Crippen LogP contribution in [0.15, 0.2) is 0 Å². The van der Waals surface area contributed by atoms with Crippen LogP contribution >= 0.6 is 0 Å². The lowest BCUT2D eigenvalue weighted by Gasteiger charge is -1.93. The number of hydrogen-bond donors (Lipinski definition) is 4. The zero-order valence-electron chi connectivity index (χ0n) is 7.25. The molecule has 0 bridgehead atoms. The van der Waals surface area contributed by atoms with E-state index in [1.807, 2.05) is 0 Å². The van der Waals surface area contributed by atoms with Crippen LogP contribution in [0.1, 0.15) is 0 Å². The lowest BCUT2D eigenvalue weighted by Crippen LogP contribution is -2.05.